The molecule has 0 unspecified atom stereocenters. The number of benzene rings is 1. The first-order chi connectivity index (χ1) is 14.1. The first kappa shape index (κ1) is 24.6. The van der Waals surface area contributed by atoms with E-state index >= 15 is 0 Å². The molecule has 8 heteroatoms. The molecule has 0 radical (unpaired) electrons. The number of nitrogens with one attached hydrogen (secondary N) is 2. The highest BCUT2D eigenvalue weighted by molar-refractivity contribution is 14.0. The number of guanidine groups is 1. The van der Waals surface area contributed by atoms with E-state index in [4.69, 9.17) is 4.74 Å². The fourth-order valence-corrected chi connectivity index (χ4v) is 3.58. The number of aromatic nitrogens is 2. The van der Waals surface area contributed by atoms with Crippen molar-refractivity contribution in [1.82, 2.24) is 25.3 Å². The maximum atomic E-state index is 5.24. The van der Waals surface area contributed by atoms with Crippen LogP contribution in [0.25, 0.3) is 5.69 Å². The summed E-state index contributed by atoms with van der Waals surface area (Å²) >= 11 is 0. The van der Waals surface area contributed by atoms with Crippen molar-refractivity contribution in [1.29, 1.82) is 0 Å². The van der Waals surface area contributed by atoms with Gasteiger partial charge in [0.05, 0.1) is 18.0 Å². The van der Waals surface area contributed by atoms with Crippen molar-refractivity contribution in [2.75, 3.05) is 40.4 Å². The summed E-state index contributed by atoms with van der Waals surface area (Å²) in [6, 6.07) is 11.2. The third-order valence-corrected chi connectivity index (χ3v) is 5.24. The van der Waals surface area contributed by atoms with Gasteiger partial charge in [-0.05, 0) is 44.4 Å². The molecule has 2 aromatic rings. The molecule has 0 saturated heterocycles. The molecule has 3 rings (SSSR count). The molecule has 0 amide bonds. The highest BCUT2D eigenvalue weighted by Gasteiger charge is 2.28. The monoisotopic (exact) mass is 526 g/mol. The molecule has 0 aliphatic heterocycles. The van der Waals surface area contributed by atoms with E-state index < -0.39 is 0 Å². The molecular weight excluding hydrogens is 491 g/mol. The molecule has 0 bridgehead atoms. The smallest absolute Gasteiger partial charge is 0.191 e. The van der Waals surface area contributed by atoms with E-state index in [9.17, 15) is 0 Å². The molecule has 30 heavy (non-hydrogen) atoms. The number of halogens is 1. The lowest BCUT2D eigenvalue weighted by Crippen LogP contribution is -2.42. The largest absolute Gasteiger partial charge is 0.383 e. The van der Waals surface area contributed by atoms with Crippen LogP contribution in [-0.4, -0.2) is 67.1 Å². The molecule has 1 aliphatic rings. The number of hydrogen-bond donors (Lipinski definition) is 2. The fraction of sp³-hybridized carbons (Fsp3) is 0.545. The van der Waals surface area contributed by atoms with Crippen LogP contribution in [0.4, 0.5) is 0 Å². The zero-order valence-electron chi connectivity index (χ0n) is 18.5. The van der Waals surface area contributed by atoms with Gasteiger partial charge in [-0.3, -0.25) is 9.89 Å². The summed E-state index contributed by atoms with van der Waals surface area (Å²) in [5.41, 5.74) is 4.44. The Balaban J connectivity index is 0.00000320. The summed E-state index contributed by atoms with van der Waals surface area (Å²) in [5.74, 6) is 0.815. The van der Waals surface area contributed by atoms with Crippen LogP contribution in [0.15, 0.2) is 35.3 Å². The van der Waals surface area contributed by atoms with Crippen LogP contribution in [0.2, 0.25) is 0 Å². The van der Waals surface area contributed by atoms with Crippen LogP contribution in [-0.2, 0) is 11.3 Å². The Bertz CT molecular complexity index is 818. The quantitative estimate of drug-likeness (QED) is 0.283. The molecule has 0 atom stereocenters. The number of aryl methyl sites for hydroxylation is 2. The minimum atomic E-state index is 0. The second kappa shape index (κ2) is 12.3. The van der Waals surface area contributed by atoms with Gasteiger partial charge in [0.15, 0.2) is 5.96 Å². The number of nitrogens with zero attached hydrogens (tertiary/aromatic N) is 4. The lowest BCUT2D eigenvalue weighted by Gasteiger charge is -2.22. The van der Waals surface area contributed by atoms with Crippen molar-refractivity contribution in [3.8, 4) is 5.69 Å². The molecule has 1 heterocycles. The summed E-state index contributed by atoms with van der Waals surface area (Å²) in [7, 11) is 3.57. The van der Waals surface area contributed by atoms with Gasteiger partial charge in [0.25, 0.3) is 0 Å². The molecule has 166 valence electrons. The Morgan fingerprint density at radius 1 is 1.23 bits per heavy atom. The maximum Gasteiger partial charge on any atom is 0.191 e. The molecule has 1 aliphatic carbocycles. The molecule has 0 spiro atoms. The van der Waals surface area contributed by atoms with Gasteiger partial charge >= 0.3 is 0 Å². The van der Waals surface area contributed by atoms with Crippen LogP contribution in [0.5, 0.6) is 0 Å². The Labute approximate surface area is 197 Å². The number of aliphatic imine (C=N–C) groups is 1. The van der Waals surface area contributed by atoms with Gasteiger partial charge < -0.3 is 15.4 Å². The van der Waals surface area contributed by atoms with Gasteiger partial charge in [-0.1, -0.05) is 18.2 Å². The summed E-state index contributed by atoms with van der Waals surface area (Å²) in [4.78, 5) is 6.88. The lowest BCUT2D eigenvalue weighted by molar-refractivity contribution is 0.144. The maximum absolute atomic E-state index is 5.24. The van der Waals surface area contributed by atoms with Gasteiger partial charge in [0, 0.05) is 52.1 Å². The minimum absolute atomic E-state index is 0. The minimum Gasteiger partial charge on any atom is -0.383 e. The average molecular weight is 526 g/mol. The van der Waals surface area contributed by atoms with Gasteiger partial charge in [0.2, 0.25) is 0 Å². The SMILES string of the molecule is CN=C(NCCN(CCOC)C1CC1)NCc1ccccc1-n1nc(C)cc1C.I. The summed E-state index contributed by atoms with van der Waals surface area (Å²) in [6.45, 7) is 8.42. The first-order valence-corrected chi connectivity index (χ1v) is 10.4. The van der Waals surface area contributed by atoms with Crippen molar-refractivity contribution in [2.45, 2.75) is 39.3 Å². The van der Waals surface area contributed by atoms with Crippen molar-refractivity contribution in [2.24, 2.45) is 4.99 Å². The van der Waals surface area contributed by atoms with Crippen molar-refractivity contribution < 1.29 is 4.74 Å². The second-order valence-corrected chi connectivity index (χ2v) is 7.58. The average Bonchev–Trinajstić information content (AvgIpc) is 3.51. The number of hydrogen-bond acceptors (Lipinski definition) is 4. The topological polar surface area (TPSA) is 66.7 Å². The Morgan fingerprint density at radius 2 is 2.00 bits per heavy atom. The highest BCUT2D eigenvalue weighted by atomic mass is 127. The third kappa shape index (κ3) is 6.95. The van der Waals surface area contributed by atoms with Crippen LogP contribution in [0.3, 0.4) is 0 Å². The van der Waals surface area contributed by atoms with E-state index in [1.165, 1.54) is 18.4 Å². The predicted molar refractivity (Wildman–Crippen MR) is 133 cm³/mol. The summed E-state index contributed by atoms with van der Waals surface area (Å²) in [6.07, 6.45) is 2.61. The summed E-state index contributed by atoms with van der Waals surface area (Å²) < 4.78 is 7.24. The molecule has 1 saturated carbocycles. The first-order valence-electron chi connectivity index (χ1n) is 10.4. The Hall–Kier alpha value is -1.65. The fourth-order valence-electron chi connectivity index (χ4n) is 3.58. The van der Waals surface area contributed by atoms with E-state index in [0.29, 0.717) is 6.54 Å². The lowest BCUT2D eigenvalue weighted by atomic mass is 10.1. The van der Waals surface area contributed by atoms with E-state index in [-0.39, 0.29) is 24.0 Å². The number of methoxy groups -OCH3 is 1. The Morgan fingerprint density at radius 3 is 2.63 bits per heavy atom. The normalized spacial score (nSPS) is 14.0. The molecule has 1 fully saturated rings. The standard InChI is InChI=1S/C22H34N6O.HI/c1-17-15-18(2)28(26-17)21-8-6-5-7-19(21)16-25-22(23-3)24-11-12-27(13-14-29-4)20-9-10-20;/h5-8,15,20H,9-14,16H2,1-4H3,(H2,23,24,25);1H. The van der Waals surface area contributed by atoms with Crippen molar-refractivity contribution in [3.05, 3.63) is 47.3 Å². The Kier molecular flexibility index (Phi) is 10.1. The van der Waals surface area contributed by atoms with Gasteiger partial charge in [0.1, 0.15) is 0 Å². The van der Waals surface area contributed by atoms with Gasteiger partial charge in [-0.25, -0.2) is 4.68 Å². The molecule has 2 N–H and O–H groups in total. The third-order valence-electron chi connectivity index (χ3n) is 5.24. The molecule has 1 aromatic heterocycles. The zero-order valence-corrected chi connectivity index (χ0v) is 20.8. The van der Waals surface area contributed by atoms with Crippen LogP contribution in [0.1, 0.15) is 29.8 Å². The second-order valence-electron chi connectivity index (χ2n) is 7.58. The van der Waals surface area contributed by atoms with E-state index in [2.05, 4.69) is 62.9 Å². The van der Waals surface area contributed by atoms with Crippen molar-refractivity contribution in [3.63, 3.8) is 0 Å². The highest BCUT2D eigenvalue weighted by Crippen LogP contribution is 2.26. The van der Waals surface area contributed by atoms with Gasteiger partial charge in [-0.2, -0.15) is 5.10 Å². The van der Waals surface area contributed by atoms with E-state index in [1.54, 1.807) is 7.11 Å². The van der Waals surface area contributed by atoms with E-state index in [1.807, 2.05) is 18.7 Å². The predicted octanol–water partition coefficient (Wildman–Crippen LogP) is 2.88. The summed E-state index contributed by atoms with van der Waals surface area (Å²) in [5, 5.41) is 11.5. The van der Waals surface area contributed by atoms with E-state index in [0.717, 1.165) is 55.3 Å². The van der Waals surface area contributed by atoms with Crippen LogP contribution >= 0.6 is 24.0 Å². The van der Waals surface area contributed by atoms with Crippen LogP contribution in [0, 0.1) is 13.8 Å². The molecule has 1 aromatic carbocycles. The number of ether oxygens (including phenoxy) is 1. The molecule has 7 nitrogen and oxygen atoms in total. The van der Waals surface area contributed by atoms with Crippen LogP contribution < -0.4 is 10.6 Å². The number of rotatable bonds is 10. The van der Waals surface area contributed by atoms with Crippen molar-refractivity contribution >= 4 is 29.9 Å². The number of para-hydroxylation sites is 1. The van der Waals surface area contributed by atoms with Gasteiger partial charge in [-0.15, -0.1) is 24.0 Å². The zero-order chi connectivity index (χ0) is 20.6. The molecular formula is C22H35IN6O.